The molecule has 0 amide bonds. The van der Waals surface area contributed by atoms with Crippen LogP contribution in [0.2, 0.25) is 0 Å². The molecule has 1 saturated heterocycles. The van der Waals surface area contributed by atoms with Gasteiger partial charge in [-0.15, -0.1) is 11.8 Å². The zero-order valence-corrected chi connectivity index (χ0v) is 14.9. The van der Waals surface area contributed by atoms with E-state index < -0.39 is 0 Å². The number of nitrogens with one attached hydrogen (secondary N) is 1. The Kier molecular flexibility index (Phi) is 5.96. The minimum absolute atomic E-state index is 0.146. The number of hydrogen-bond acceptors (Lipinski definition) is 3. The smallest absolute Gasteiger partial charge is 0.0669 e. The average Bonchev–Trinajstić information content (AvgIpc) is 2.87. The monoisotopic (exact) mass is 357 g/mol. The van der Waals surface area contributed by atoms with Crippen LogP contribution in [0.25, 0.3) is 0 Å². The topological polar surface area (TPSA) is 21.3 Å². The van der Waals surface area contributed by atoms with Crippen LogP contribution in [-0.4, -0.2) is 24.0 Å². The van der Waals surface area contributed by atoms with Gasteiger partial charge < -0.3 is 10.1 Å². The maximum absolute atomic E-state index is 5.66. The number of thioether (sulfide) groups is 1. The Morgan fingerprint density at radius 1 is 1.40 bits per heavy atom. The minimum atomic E-state index is 0.146. The van der Waals surface area contributed by atoms with Gasteiger partial charge in [-0.2, -0.15) is 0 Å². The van der Waals surface area contributed by atoms with E-state index in [-0.39, 0.29) is 5.54 Å². The van der Waals surface area contributed by atoms with Gasteiger partial charge in [-0.3, -0.25) is 0 Å². The fourth-order valence-corrected chi connectivity index (χ4v) is 3.76. The summed E-state index contributed by atoms with van der Waals surface area (Å²) in [5, 5.41) is 3.52. The van der Waals surface area contributed by atoms with Crippen LogP contribution in [0.1, 0.15) is 39.2 Å². The minimum Gasteiger partial charge on any atom is -0.377 e. The van der Waals surface area contributed by atoms with Gasteiger partial charge in [0.25, 0.3) is 0 Å². The highest BCUT2D eigenvalue weighted by Gasteiger charge is 2.16. The standard InChI is InChI=1S/C16H24BrNOS/c1-16(2,3)18-10-12-6-7-14(9-15(12)17)20-11-13-5-4-8-19-13/h6-7,9,13,18H,4-5,8,10-11H2,1-3H3. The first-order chi connectivity index (χ1) is 9.44. The van der Waals surface area contributed by atoms with Crippen LogP contribution in [0.15, 0.2) is 27.6 Å². The van der Waals surface area contributed by atoms with E-state index in [4.69, 9.17) is 4.74 Å². The number of ether oxygens (including phenoxy) is 1. The Bertz CT molecular complexity index is 439. The van der Waals surface area contributed by atoms with Crippen LogP contribution < -0.4 is 5.32 Å². The van der Waals surface area contributed by atoms with E-state index in [1.165, 1.54) is 27.8 Å². The number of halogens is 1. The van der Waals surface area contributed by atoms with E-state index in [1.807, 2.05) is 11.8 Å². The Morgan fingerprint density at radius 3 is 2.80 bits per heavy atom. The average molecular weight is 358 g/mol. The van der Waals surface area contributed by atoms with Crippen molar-refractivity contribution >= 4 is 27.7 Å². The number of rotatable bonds is 5. The third kappa shape index (κ3) is 5.40. The first-order valence-corrected chi connectivity index (χ1v) is 9.00. The molecule has 1 heterocycles. The zero-order chi connectivity index (χ0) is 14.6. The molecule has 112 valence electrons. The largest absolute Gasteiger partial charge is 0.377 e. The van der Waals surface area contributed by atoms with Crippen LogP contribution in [0.5, 0.6) is 0 Å². The van der Waals surface area contributed by atoms with Gasteiger partial charge in [-0.05, 0) is 51.3 Å². The molecule has 1 atom stereocenters. The highest BCUT2D eigenvalue weighted by molar-refractivity contribution is 9.10. The van der Waals surface area contributed by atoms with E-state index in [9.17, 15) is 0 Å². The summed E-state index contributed by atoms with van der Waals surface area (Å²) in [5.74, 6) is 1.06. The summed E-state index contributed by atoms with van der Waals surface area (Å²) in [6.45, 7) is 8.39. The summed E-state index contributed by atoms with van der Waals surface area (Å²) < 4.78 is 6.85. The summed E-state index contributed by atoms with van der Waals surface area (Å²) in [6.07, 6.45) is 2.87. The molecule has 20 heavy (non-hydrogen) atoms. The Hall–Kier alpha value is -0.0300. The summed E-state index contributed by atoms with van der Waals surface area (Å²) in [4.78, 5) is 1.31. The molecule has 1 N–H and O–H groups in total. The van der Waals surface area contributed by atoms with Gasteiger partial charge >= 0.3 is 0 Å². The van der Waals surface area contributed by atoms with E-state index >= 15 is 0 Å². The second kappa shape index (κ2) is 7.30. The maximum Gasteiger partial charge on any atom is 0.0669 e. The predicted molar refractivity (Wildman–Crippen MR) is 90.4 cm³/mol. The van der Waals surface area contributed by atoms with Crippen molar-refractivity contribution in [3.05, 3.63) is 28.2 Å². The quantitative estimate of drug-likeness (QED) is 0.777. The summed E-state index contributed by atoms with van der Waals surface area (Å²) in [5.41, 5.74) is 1.45. The lowest BCUT2D eigenvalue weighted by atomic mass is 10.1. The van der Waals surface area contributed by atoms with Gasteiger partial charge in [0.2, 0.25) is 0 Å². The first kappa shape index (κ1) is 16.3. The van der Waals surface area contributed by atoms with Crippen LogP contribution in [0.3, 0.4) is 0 Å². The van der Waals surface area contributed by atoms with Crippen molar-refractivity contribution in [1.29, 1.82) is 0 Å². The molecular formula is C16H24BrNOS. The molecule has 1 unspecified atom stereocenters. The van der Waals surface area contributed by atoms with Gasteiger partial charge in [-0.25, -0.2) is 0 Å². The van der Waals surface area contributed by atoms with Crippen molar-refractivity contribution in [3.8, 4) is 0 Å². The van der Waals surface area contributed by atoms with E-state index in [0.29, 0.717) is 6.10 Å². The molecule has 1 aromatic carbocycles. The molecule has 2 nitrogen and oxygen atoms in total. The van der Waals surface area contributed by atoms with Crippen molar-refractivity contribution < 1.29 is 4.74 Å². The number of hydrogen-bond donors (Lipinski definition) is 1. The van der Waals surface area contributed by atoms with Crippen LogP contribution in [0, 0.1) is 0 Å². The third-order valence-electron chi connectivity index (χ3n) is 3.29. The molecule has 2 rings (SSSR count). The molecule has 1 aromatic rings. The molecule has 4 heteroatoms. The molecule has 1 aliphatic heterocycles. The van der Waals surface area contributed by atoms with Gasteiger partial charge in [0.1, 0.15) is 0 Å². The van der Waals surface area contributed by atoms with Crippen molar-refractivity contribution in [2.24, 2.45) is 0 Å². The van der Waals surface area contributed by atoms with Crippen molar-refractivity contribution in [2.45, 2.75) is 56.7 Å². The van der Waals surface area contributed by atoms with Crippen LogP contribution in [-0.2, 0) is 11.3 Å². The SMILES string of the molecule is CC(C)(C)NCc1ccc(SCC2CCCO2)cc1Br. The predicted octanol–water partition coefficient (Wildman–Crippen LogP) is 4.61. The molecule has 0 radical (unpaired) electrons. The van der Waals surface area contributed by atoms with Gasteiger partial charge in [-0.1, -0.05) is 22.0 Å². The Labute approximate surface area is 135 Å². The number of benzene rings is 1. The van der Waals surface area contributed by atoms with Gasteiger partial charge in [0, 0.05) is 33.8 Å². The maximum atomic E-state index is 5.66. The summed E-state index contributed by atoms with van der Waals surface area (Å²) >= 11 is 5.57. The van der Waals surface area contributed by atoms with Crippen molar-refractivity contribution in [3.63, 3.8) is 0 Å². The lowest BCUT2D eigenvalue weighted by Crippen LogP contribution is -2.35. The summed E-state index contributed by atoms with van der Waals surface area (Å²) in [7, 11) is 0. The summed E-state index contributed by atoms with van der Waals surface area (Å²) in [6, 6.07) is 6.64. The lowest BCUT2D eigenvalue weighted by Gasteiger charge is -2.21. The van der Waals surface area contributed by atoms with Crippen molar-refractivity contribution in [2.75, 3.05) is 12.4 Å². The molecular weight excluding hydrogens is 334 g/mol. The Morgan fingerprint density at radius 2 is 2.20 bits per heavy atom. The second-order valence-corrected chi connectivity index (χ2v) is 8.25. The molecule has 0 spiro atoms. The molecule has 0 aromatic heterocycles. The normalized spacial score (nSPS) is 19.5. The fourth-order valence-electron chi connectivity index (χ4n) is 2.09. The third-order valence-corrected chi connectivity index (χ3v) is 5.16. The second-order valence-electron chi connectivity index (χ2n) is 6.30. The Balaban J connectivity index is 1.88. The molecule has 0 bridgehead atoms. The first-order valence-electron chi connectivity index (χ1n) is 7.22. The molecule has 1 fully saturated rings. The zero-order valence-electron chi connectivity index (χ0n) is 12.5. The molecule has 0 aliphatic carbocycles. The van der Waals surface area contributed by atoms with Crippen molar-refractivity contribution in [1.82, 2.24) is 5.32 Å². The fraction of sp³-hybridized carbons (Fsp3) is 0.625. The van der Waals surface area contributed by atoms with E-state index in [2.05, 4.69) is 60.2 Å². The van der Waals surface area contributed by atoms with E-state index in [0.717, 1.165) is 18.9 Å². The molecule has 1 aliphatic rings. The van der Waals surface area contributed by atoms with E-state index in [1.54, 1.807) is 0 Å². The van der Waals surface area contributed by atoms with Gasteiger partial charge in [0.15, 0.2) is 0 Å². The van der Waals surface area contributed by atoms with Crippen LogP contribution >= 0.6 is 27.7 Å². The van der Waals surface area contributed by atoms with Crippen LogP contribution in [0.4, 0.5) is 0 Å². The molecule has 0 saturated carbocycles. The highest BCUT2D eigenvalue weighted by atomic mass is 79.9. The van der Waals surface area contributed by atoms with Gasteiger partial charge in [0.05, 0.1) is 6.10 Å². The highest BCUT2D eigenvalue weighted by Crippen LogP contribution is 2.28. The lowest BCUT2D eigenvalue weighted by molar-refractivity contribution is 0.129.